The maximum atomic E-state index is 12.8. The van der Waals surface area contributed by atoms with Crippen LogP contribution >= 0.6 is 15.9 Å². The highest BCUT2D eigenvalue weighted by atomic mass is 79.9. The smallest absolute Gasteiger partial charge is 0.339 e. The fourth-order valence-corrected chi connectivity index (χ4v) is 2.81. The van der Waals surface area contributed by atoms with Crippen molar-refractivity contribution in [2.75, 3.05) is 14.1 Å². The SMILES string of the molecule is Cc1ccc(O)c(C)c1-n1c(N=CN(C)C)c(C(=O)O)cc(Br)c1=O. The number of nitrogens with zero attached hydrogens (tertiary/aromatic N) is 3. The number of carboxylic acids is 1. The molecule has 0 amide bonds. The van der Waals surface area contributed by atoms with Crippen LogP contribution < -0.4 is 5.56 Å². The molecule has 1 aromatic heterocycles. The van der Waals surface area contributed by atoms with E-state index in [1.165, 1.54) is 23.0 Å². The van der Waals surface area contributed by atoms with Gasteiger partial charge in [-0.15, -0.1) is 0 Å². The predicted molar refractivity (Wildman–Crippen MR) is 99.7 cm³/mol. The molecule has 8 heteroatoms. The Morgan fingerprint density at radius 1 is 1.32 bits per heavy atom. The van der Waals surface area contributed by atoms with Crippen molar-refractivity contribution in [3.63, 3.8) is 0 Å². The molecule has 0 aliphatic rings. The number of carboxylic acid groups (broad SMARTS) is 1. The van der Waals surface area contributed by atoms with Gasteiger partial charge < -0.3 is 15.1 Å². The molecule has 1 heterocycles. The van der Waals surface area contributed by atoms with Crippen LogP contribution in [0.5, 0.6) is 5.75 Å². The van der Waals surface area contributed by atoms with E-state index in [0.717, 1.165) is 0 Å². The van der Waals surface area contributed by atoms with Crippen molar-refractivity contribution in [1.82, 2.24) is 9.47 Å². The zero-order valence-electron chi connectivity index (χ0n) is 14.2. The number of phenolic OH excluding ortho intramolecular Hbond substituents is 1. The lowest BCUT2D eigenvalue weighted by Gasteiger charge is -2.18. The Morgan fingerprint density at radius 3 is 2.52 bits per heavy atom. The largest absolute Gasteiger partial charge is 0.508 e. The molecule has 25 heavy (non-hydrogen) atoms. The number of halogens is 1. The summed E-state index contributed by atoms with van der Waals surface area (Å²) in [6.07, 6.45) is 1.42. The standard InChI is InChI=1S/C17H18BrN3O4/c1-9-5-6-13(22)10(2)14(9)21-15(19-8-20(3)4)11(17(24)25)7-12(18)16(21)23/h5-8,22H,1-4H3,(H,24,25). The summed E-state index contributed by atoms with van der Waals surface area (Å²) in [7, 11) is 3.46. The van der Waals surface area contributed by atoms with Gasteiger partial charge in [0.1, 0.15) is 11.3 Å². The first kappa shape index (κ1) is 18.7. The van der Waals surface area contributed by atoms with Gasteiger partial charge in [-0.3, -0.25) is 9.36 Å². The summed E-state index contributed by atoms with van der Waals surface area (Å²) in [5, 5.41) is 19.6. The average molecular weight is 408 g/mol. The minimum absolute atomic E-state index is 0.00638. The number of aryl methyl sites for hydroxylation is 1. The van der Waals surface area contributed by atoms with Crippen molar-refractivity contribution < 1.29 is 15.0 Å². The van der Waals surface area contributed by atoms with Crippen LogP contribution in [0, 0.1) is 13.8 Å². The molecule has 0 aliphatic carbocycles. The Kier molecular flexibility index (Phi) is 5.32. The Morgan fingerprint density at radius 2 is 1.96 bits per heavy atom. The third-order valence-corrected chi connectivity index (χ3v) is 4.17. The highest BCUT2D eigenvalue weighted by Crippen LogP contribution is 2.31. The molecule has 0 aliphatic heterocycles. The molecule has 0 saturated carbocycles. The summed E-state index contributed by atoms with van der Waals surface area (Å²) in [5.74, 6) is -1.23. The molecule has 0 spiro atoms. The lowest BCUT2D eigenvalue weighted by Crippen LogP contribution is -2.23. The topological polar surface area (TPSA) is 95.1 Å². The molecule has 0 atom stereocenters. The van der Waals surface area contributed by atoms with Crippen LogP contribution in [-0.2, 0) is 0 Å². The van der Waals surface area contributed by atoms with E-state index in [4.69, 9.17) is 0 Å². The molecular formula is C17H18BrN3O4. The number of aliphatic imine (C=N–C) groups is 1. The second-order valence-electron chi connectivity index (χ2n) is 5.76. The fraction of sp³-hybridized carbons (Fsp3) is 0.235. The summed E-state index contributed by atoms with van der Waals surface area (Å²) >= 11 is 3.12. The molecule has 1 aromatic carbocycles. The number of hydrogen-bond acceptors (Lipinski definition) is 4. The van der Waals surface area contributed by atoms with E-state index in [1.54, 1.807) is 38.9 Å². The van der Waals surface area contributed by atoms with Gasteiger partial charge in [0.05, 0.1) is 16.5 Å². The van der Waals surface area contributed by atoms with E-state index in [2.05, 4.69) is 20.9 Å². The number of hydrogen-bond donors (Lipinski definition) is 2. The first-order chi connectivity index (χ1) is 11.6. The monoisotopic (exact) mass is 407 g/mol. The quantitative estimate of drug-likeness (QED) is 0.599. The Balaban J connectivity index is 3.02. The van der Waals surface area contributed by atoms with Crippen LogP contribution in [0.2, 0.25) is 0 Å². The van der Waals surface area contributed by atoms with Gasteiger partial charge in [0, 0.05) is 19.7 Å². The maximum Gasteiger partial charge on any atom is 0.339 e. The third kappa shape index (κ3) is 3.58. The third-order valence-electron chi connectivity index (χ3n) is 3.60. The van der Waals surface area contributed by atoms with Crippen molar-refractivity contribution >= 4 is 34.1 Å². The zero-order valence-corrected chi connectivity index (χ0v) is 15.8. The summed E-state index contributed by atoms with van der Waals surface area (Å²) in [6, 6.07) is 4.42. The van der Waals surface area contributed by atoms with Crippen LogP contribution in [0.4, 0.5) is 5.82 Å². The lowest BCUT2D eigenvalue weighted by molar-refractivity contribution is 0.0697. The number of aromatic hydroxyl groups is 1. The number of rotatable bonds is 4. The molecule has 0 fully saturated rings. The highest BCUT2D eigenvalue weighted by molar-refractivity contribution is 9.10. The summed E-state index contributed by atoms with van der Waals surface area (Å²) in [5.41, 5.74) is 0.963. The van der Waals surface area contributed by atoms with Gasteiger partial charge in [0.25, 0.3) is 5.56 Å². The Bertz CT molecular complexity index is 932. The van der Waals surface area contributed by atoms with Crippen LogP contribution in [0.25, 0.3) is 5.69 Å². The van der Waals surface area contributed by atoms with E-state index < -0.39 is 11.5 Å². The van der Waals surface area contributed by atoms with Crippen molar-refractivity contribution in [2.24, 2.45) is 4.99 Å². The normalized spacial score (nSPS) is 11.1. The molecule has 0 radical (unpaired) electrons. The van der Waals surface area contributed by atoms with Gasteiger partial charge in [-0.25, -0.2) is 9.79 Å². The van der Waals surface area contributed by atoms with E-state index in [1.807, 2.05) is 0 Å². The van der Waals surface area contributed by atoms with Crippen molar-refractivity contribution in [3.8, 4) is 11.4 Å². The summed E-state index contributed by atoms with van der Waals surface area (Å²) < 4.78 is 1.30. The number of aromatic carboxylic acids is 1. The number of carbonyl (C=O) groups is 1. The molecule has 2 N–H and O–H groups in total. The second kappa shape index (κ2) is 7.10. The molecular weight excluding hydrogens is 390 g/mol. The van der Waals surface area contributed by atoms with Crippen molar-refractivity contribution in [2.45, 2.75) is 13.8 Å². The van der Waals surface area contributed by atoms with E-state index in [-0.39, 0.29) is 21.6 Å². The Labute approximate surface area is 153 Å². The fourth-order valence-electron chi connectivity index (χ4n) is 2.41. The van der Waals surface area contributed by atoms with Gasteiger partial charge in [0.2, 0.25) is 0 Å². The molecule has 132 valence electrons. The zero-order chi connectivity index (χ0) is 18.9. The molecule has 2 aromatic rings. The van der Waals surface area contributed by atoms with Gasteiger partial charge in [-0.05, 0) is 47.5 Å². The molecule has 0 bridgehead atoms. The number of phenols is 1. The van der Waals surface area contributed by atoms with Crippen LogP contribution in [0.1, 0.15) is 21.5 Å². The molecule has 0 saturated heterocycles. The van der Waals surface area contributed by atoms with Crippen molar-refractivity contribution in [3.05, 3.63) is 49.7 Å². The lowest BCUT2D eigenvalue weighted by atomic mass is 10.1. The van der Waals surface area contributed by atoms with Crippen LogP contribution in [0.15, 0.2) is 32.5 Å². The van der Waals surface area contributed by atoms with Gasteiger partial charge in [0.15, 0.2) is 5.82 Å². The van der Waals surface area contributed by atoms with Gasteiger partial charge >= 0.3 is 5.97 Å². The second-order valence-corrected chi connectivity index (χ2v) is 6.61. The maximum absolute atomic E-state index is 12.8. The number of benzene rings is 1. The predicted octanol–water partition coefficient (Wildman–Crippen LogP) is 2.84. The molecule has 0 unspecified atom stereocenters. The number of pyridine rings is 1. The van der Waals surface area contributed by atoms with Crippen LogP contribution in [-0.4, -0.2) is 46.1 Å². The minimum atomic E-state index is -1.21. The number of aromatic nitrogens is 1. The van der Waals surface area contributed by atoms with Gasteiger partial charge in [-0.2, -0.15) is 0 Å². The average Bonchev–Trinajstić information content (AvgIpc) is 2.53. The van der Waals surface area contributed by atoms with E-state index >= 15 is 0 Å². The highest BCUT2D eigenvalue weighted by Gasteiger charge is 2.22. The van der Waals surface area contributed by atoms with Gasteiger partial charge in [-0.1, -0.05) is 6.07 Å². The van der Waals surface area contributed by atoms with Crippen LogP contribution in [0.3, 0.4) is 0 Å². The first-order valence-corrected chi connectivity index (χ1v) is 8.13. The molecule has 7 nitrogen and oxygen atoms in total. The summed E-state index contributed by atoms with van der Waals surface area (Å²) in [4.78, 5) is 30.3. The molecule has 2 rings (SSSR count). The van der Waals surface area contributed by atoms with E-state index in [0.29, 0.717) is 16.8 Å². The first-order valence-electron chi connectivity index (χ1n) is 7.34. The summed E-state index contributed by atoms with van der Waals surface area (Å²) in [6.45, 7) is 3.43. The van der Waals surface area contributed by atoms with E-state index in [9.17, 15) is 19.8 Å². The Hall–Kier alpha value is -2.61. The van der Waals surface area contributed by atoms with Crippen molar-refractivity contribution in [1.29, 1.82) is 0 Å². The minimum Gasteiger partial charge on any atom is -0.508 e.